The number of hydrogen-bond acceptors (Lipinski definition) is 6. The first-order valence-electron chi connectivity index (χ1n) is 9.43. The number of hydrogen-bond donors (Lipinski definition) is 1. The molecule has 7 nitrogen and oxygen atoms in total. The molecule has 1 unspecified atom stereocenters. The molecule has 0 spiro atoms. The Kier molecular flexibility index (Phi) is 7.36. The molecular weight excluding hydrogens is 358 g/mol. The Morgan fingerprint density at radius 3 is 2.71 bits per heavy atom. The molecule has 28 heavy (non-hydrogen) atoms. The maximum Gasteiger partial charge on any atom is 0.317 e. The third-order valence-electron chi connectivity index (χ3n) is 4.63. The predicted octanol–water partition coefficient (Wildman–Crippen LogP) is 1.88. The fourth-order valence-electron chi connectivity index (χ4n) is 3.27. The van der Waals surface area contributed by atoms with Crippen LogP contribution in [0, 0.1) is 0 Å². The van der Waals surface area contributed by atoms with Gasteiger partial charge < -0.3 is 14.6 Å². The molecule has 0 radical (unpaired) electrons. The van der Waals surface area contributed by atoms with Crippen molar-refractivity contribution in [1.29, 1.82) is 0 Å². The summed E-state index contributed by atoms with van der Waals surface area (Å²) in [4.78, 5) is 18.9. The van der Waals surface area contributed by atoms with Gasteiger partial charge in [0, 0.05) is 38.6 Å². The number of carboxylic acids is 1. The van der Waals surface area contributed by atoms with Gasteiger partial charge in [-0.25, -0.2) is 0 Å². The van der Waals surface area contributed by atoms with Gasteiger partial charge in [-0.3, -0.25) is 19.6 Å². The molecule has 0 aliphatic carbocycles. The van der Waals surface area contributed by atoms with Gasteiger partial charge in [0.25, 0.3) is 0 Å². The molecule has 1 fully saturated rings. The maximum absolute atomic E-state index is 10.8. The third kappa shape index (κ3) is 6.60. The minimum absolute atomic E-state index is 0.0286. The van der Waals surface area contributed by atoms with Crippen LogP contribution < -0.4 is 4.74 Å². The van der Waals surface area contributed by atoms with Crippen LogP contribution in [0.15, 0.2) is 48.8 Å². The number of carboxylic acid groups (broad SMARTS) is 1. The van der Waals surface area contributed by atoms with Crippen molar-refractivity contribution in [2.75, 3.05) is 39.8 Å². The van der Waals surface area contributed by atoms with Gasteiger partial charge >= 0.3 is 5.97 Å². The van der Waals surface area contributed by atoms with Crippen LogP contribution in [0.2, 0.25) is 0 Å². The second-order valence-corrected chi connectivity index (χ2v) is 7.11. The Hall–Kier alpha value is -2.48. The van der Waals surface area contributed by atoms with Crippen molar-refractivity contribution in [3.8, 4) is 5.75 Å². The zero-order chi connectivity index (χ0) is 19.8. The molecule has 0 amide bonds. The monoisotopic (exact) mass is 385 g/mol. The average molecular weight is 385 g/mol. The molecule has 0 saturated carbocycles. The van der Waals surface area contributed by atoms with E-state index in [1.807, 2.05) is 24.3 Å². The second-order valence-electron chi connectivity index (χ2n) is 7.11. The lowest BCUT2D eigenvalue weighted by Gasteiger charge is -2.34. The highest BCUT2D eigenvalue weighted by molar-refractivity contribution is 5.69. The number of pyridine rings is 1. The largest absolute Gasteiger partial charge is 0.489 e. The Morgan fingerprint density at radius 1 is 1.25 bits per heavy atom. The number of likely N-dealkylation sites (N-methyl/N-ethyl adjacent to an activating group) is 1. The van der Waals surface area contributed by atoms with Crippen molar-refractivity contribution in [3.63, 3.8) is 0 Å². The van der Waals surface area contributed by atoms with Crippen LogP contribution in [-0.2, 0) is 22.7 Å². The first kappa shape index (κ1) is 20.3. The summed E-state index contributed by atoms with van der Waals surface area (Å²) in [5.74, 6) is 0.0251. The van der Waals surface area contributed by atoms with Gasteiger partial charge in [-0.15, -0.1) is 0 Å². The Bertz CT molecular complexity index is 739. The van der Waals surface area contributed by atoms with E-state index in [0.29, 0.717) is 19.8 Å². The number of nitrogens with zero attached hydrogens (tertiary/aromatic N) is 3. The molecule has 150 valence electrons. The van der Waals surface area contributed by atoms with Gasteiger partial charge in [-0.05, 0) is 42.4 Å². The summed E-state index contributed by atoms with van der Waals surface area (Å²) in [5.41, 5.74) is 2.31. The summed E-state index contributed by atoms with van der Waals surface area (Å²) in [6.45, 7) is 4.35. The zero-order valence-corrected chi connectivity index (χ0v) is 16.2. The van der Waals surface area contributed by atoms with Gasteiger partial charge in [0.1, 0.15) is 12.4 Å². The number of ether oxygens (including phenoxy) is 2. The molecule has 1 atom stereocenters. The number of morpholine rings is 1. The van der Waals surface area contributed by atoms with Crippen LogP contribution in [-0.4, -0.2) is 71.8 Å². The maximum atomic E-state index is 10.8. The highest BCUT2D eigenvalue weighted by Crippen LogP contribution is 2.17. The zero-order valence-electron chi connectivity index (χ0n) is 16.2. The van der Waals surface area contributed by atoms with Gasteiger partial charge in [0.2, 0.25) is 0 Å². The lowest BCUT2D eigenvalue weighted by molar-refractivity contribution is -0.138. The van der Waals surface area contributed by atoms with E-state index in [4.69, 9.17) is 14.6 Å². The van der Waals surface area contributed by atoms with Crippen LogP contribution in [0.25, 0.3) is 0 Å². The van der Waals surface area contributed by atoms with Crippen molar-refractivity contribution < 1.29 is 19.4 Å². The first-order valence-corrected chi connectivity index (χ1v) is 9.43. The van der Waals surface area contributed by atoms with E-state index in [2.05, 4.69) is 22.0 Å². The van der Waals surface area contributed by atoms with Crippen molar-refractivity contribution >= 4 is 5.97 Å². The van der Waals surface area contributed by atoms with Gasteiger partial charge in [-0.2, -0.15) is 0 Å². The van der Waals surface area contributed by atoms with E-state index in [9.17, 15) is 4.79 Å². The van der Waals surface area contributed by atoms with Gasteiger partial charge in [-0.1, -0.05) is 12.1 Å². The minimum Gasteiger partial charge on any atom is -0.489 e. The predicted molar refractivity (Wildman–Crippen MR) is 105 cm³/mol. The van der Waals surface area contributed by atoms with Crippen molar-refractivity contribution in [2.45, 2.75) is 19.3 Å². The summed E-state index contributed by atoms with van der Waals surface area (Å²) in [6, 6.07) is 12.0. The van der Waals surface area contributed by atoms with Crippen molar-refractivity contribution in [3.05, 3.63) is 59.9 Å². The summed E-state index contributed by atoms with van der Waals surface area (Å²) in [7, 11) is 1.81. The molecule has 0 bridgehead atoms. The van der Waals surface area contributed by atoms with Crippen LogP contribution in [0.1, 0.15) is 11.1 Å². The quantitative estimate of drug-likeness (QED) is 0.706. The average Bonchev–Trinajstić information content (AvgIpc) is 2.68. The number of aromatic nitrogens is 1. The van der Waals surface area contributed by atoms with E-state index in [0.717, 1.165) is 30.9 Å². The van der Waals surface area contributed by atoms with E-state index in [1.54, 1.807) is 24.3 Å². The molecule has 1 N–H and O–H groups in total. The van der Waals surface area contributed by atoms with E-state index < -0.39 is 5.97 Å². The molecule has 1 aliphatic rings. The highest BCUT2D eigenvalue weighted by Gasteiger charge is 2.22. The van der Waals surface area contributed by atoms with Gasteiger partial charge in [0.15, 0.2) is 0 Å². The lowest BCUT2D eigenvalue weighted by Crippen LogP contribution is -2.47. The fourth-order valence-corrected chi connectivity index (χ4v) is 3.27. The molecule has 1 aromatic carbocycles. The fraction of sp³-hybridized carbons (Fsp3) is 0.429. The van der Waals surface area contributed by atoms with E-state index in [1.165, 1.54) is 5.56 Å². The Balaban J connectivity index is 1.46. The standard InChI is InChI=1S/C21H27N3O4/c1-23(15-21(25)26)13-20-14-24(10-11-27-20)12-17-2-4-19(5-3-17)28-16-18-6-8-22-9-7-18/h2-9,20H,10-16H2,1H3,(H,25,26). The Labute approximate surface area is 165 Å². The molecule has 1 aromatic heterocycles. The van der Waals surface area contributed by atoms with E-state index >= 15 is 0 Å². The lowest BCUT2D eigenvalue weighted by atomic mass is 10.1. The minimum atomic E-state index is -0.818. The van der Waals surface area contributed by atoms with Crippen molar-refractivity contribution in [1.82, 2.24) is 14.8 Å². The summed E-state index contributed by atoms with van der Waals surface area (Å²) in [5, 5.41) is 8.88. The summed E-state index contributed by atoms with van der Waals surface area (Å²) < 4.78 is 11.6. The van der Waals surface area contributed by atoms with Crippen LogP contribution in [0.4, 0.5) is 0 Å². The smallest absolute Gasteiger partial charge is 0.317 e. The van der Waals surface area contributed by atoms with Crippen LogP contribution >= 0.6 is 0 Å². The normalized spacial score (nSPS) is 17.6. The molecule has 7 heteroatoms. The number of rotatable bonds is 9. The molecule has 1 saturated heterocycles. The summed E-state index contributed by atoms with van der Waals surface area (Å²) in [6.07, 6.45) is 3.55. The summed E-state index contributed by atoms with van der Waals surface area (Å²) >= 11 is 0. The molecule has 3 rings (SSSR count). The van der Waals surface area contributed by atoms with Crippen LogP contribution in [0.3, 0.4) is 0 Å². The topological polar surface area (TPSA) is 75.1 Å². The molecular formula is C21H27N3O4. The number of aliphatic carboxylic acids is 1. The highest BCUT2D eigenvalue weighted by atomic mass is 16.5. The van der Waals surface area contributed by atoms with Gasteiger partial charge in [0.05, 0.1) is 19.3 Å². The molecule has 2 aromatic rings. The SMILES string of the molecule is CN(CC(=O)O)CC1CN(Cc2ccc(OCc3ccncc3)cc2)CCO1. The second kappa shape index (κ2) is 10.2. The Morgan fingerprint density at radius 2 is 2.00 bits per heavy atom. The van der Waals surface area contributed by atoms with Crippen molar-refractivity contribution in [2.24, 2.45) is 0 Å². The first-order chi connectivity index (χ1) is 13.6. The number of carbonyl (C=O) groups is 1. The number of benzene rings is 1. The van der Waals surface area contributed by atoms with E-state index in [-0.39, 0.29) is 12.6 Å². The third-order valence-corrected chi connectivity index (χ3v) is 4.63. The molecule has 1 aliphatic heterocycles. The van der Waals surface area contributed by atoms with Crippen LogP contribution in [0.5, 0.6) is 5.75 Å². The molecule has 2 heterocycles.